The topological polar surface area (TPSA) is 63.6 Å². The molecule has 20 heavy (non-hydrogen) atoms. The summed E-state index contributed by atoms with van der Waals surface area (Å²) < 4.78 is 24.5. The number of nitrogens with zero attached hydrogens (tertiary/aromatic N) is 1. The van der Waals surface area contributed by atoms with E-state index in [2.05, 4.69) is 4.99 Å². The van der Waals surface area contributed by atoms with E-state index < -0.39 is 9.84 Å². The molecule has 2 aromatic carbocycles. The van der Waals surface area contributed by atoms with E-state index in [1.54, 1.807) is 48.5 Å². The van der Waals surface area contributed by atoms with E-state index in [1.165, 1.54) is 6.08 Å². The van der Waals surface area contributed by atoms with Crippen LogP contribution in [-0.2, 0) is 20.4 Å². The highest BCUT2D eigenvalue weighted by atomic mass is 32.2. The van der Waals surface area contributed by atoms with Crippen LogP contribution in [0.25, 0.3) is 0 Å². The molecule has 2 rings (SSSR count). The van der Waals surface area contributed by atoms with Crippen LogP contribution in [-0.4, -0.2) is 14.5 Å². The molecule has 0 aromatic heterocycles. The molecule has 0 aliphatic carbocycles. The first-order valence-electron chi connectivity index (χ1n) is 5.97. The summed E-state index contributed by atoms with van der Waals surface area (Å²) in [6.45, 7) is 1.91. The maximum atomic E-state index is 12.2. The smallest absolute Gasteiger partial charge is 0.223 e. The average molecular weight is 287 g/mol. The summed E-state index contributed by atoms with van der Waals surface area (Å²) in [5.41, 5.74) is 2.12. The minimum Gasteiger partial charge on any atom is -0.223 e. The molecule has 0 bridgehead atoms. The van der Waals surface area contributed by atoms with Crippen molar-refractivity contribution in [1.82, 2.24) is 0 Å². The summed E-state index contributed by atoms with van der Waals surface area (Å²) >= 11 is 0. The van der Waals surface area contributed by atoms with Gasteiger partial charge in [-0.3, -0.25) is 0 Å². The van der Waals surface area contributed by atoms with E-state index in [0.717, 1.165) is 5.56 Å². The number of hydrogen-bond acceptors (Lipinski definition) is 4. The van der Waals surface area contributed by atoms with Gasteiger partial charge in [-0.15, -0.1) is 0 Å². The lowest BCUT2D eigenvalue weighted by Gasteiger charge is -2.05. The Morgan fingerprint density at radius 2 is 1.60 bits per heavy atom. The summed E-state index contributed by atoms with van der Waals surface area (Å²) in [6.07, 6.45) is 1.44. The molecular weight excluding hydrogens is 274 g/mol. The molecule has 0 N–H and O–H groups in total. The zero-order valence-corrected chi connectivity index (χ0v) is 11.7. The van der Waals surface area contributed by atoms with Crippen LogP contribution in [0.5, 0.6) is 0 Å². The highest BCUT2D eigenvalue weighted by molar-refractivity contribution is 7.90. The molecule has 0 radical (unpaired) electrons. The average Bonchev–Trinajstić information content (AvgIpc) is 2.41. The molecule has 0 aliphatic rings. The molecule has 0 saturated heterocycles. The van der Waals surface area contributed by atoms with Gasteiger partial charge in [0.2, 0.25) is 6.08 Å². The van der Waals surface area contributed by atoms with E-state index >= 15 is 0 Å². The maximum Gasteiger partial charge on any atom is 0.240 e. The van der Waals surface area contributed by atoms with Gasteiger partial charge < -0.3 is 0 Å². The van der Waals surface area contributed by atoms with Crippen LogP contribution in [0, 0.1) is 6.92 Å². The molecule has 0 aliphatic heterocycles. The van der Waals surface area contributed by atoms with Crippen LogP contribution < -0.4 is 0 Å². The molecular formula is C15H13NO3S. The Morgan fingerprint density at radius 1 is 1.00 bits per heavy atom. The van der Waals surface area contributed by atoms with Crippen LogP contribution >= 0.6 is 0 Å². The van der Waals surface area contributed by atoms with Crippen molar-refractivity contribution >= 4 is 21.6 Å². The molecule has 102 valence electrons. The first-order valence-corrected chi connectivity index (χ1v) is 7.63. The zero-order chi connectivity index (χ0) is 14.6. The van der Waals surface area contributed by atoms with E-state index in [1.807, 2.05) is 6.92 Å². The van der Waals surface area contributed by atoms with Gasteiger partial charge in [0.1, 0.15) is 0 Å². The Hall–Kier alpha value is -2.23. The van der Waals surface area contributed by atoms with Gasteiger partial charge in [0, 0.05) is 0 Å². The van der Waals surface area contributed by atoms with Gasteiger partial charge in [-0.05, 0) is 36.8 Å². The molecule has 0 saturated carbocycles. The lowest BCUT2D eigenvalue weighted by atomic mass is 10.2. The first-order chi connectivity index (χ1) is 9.51. The van der Waals surface area contributed by atoms with Crippen LogP contribution in [0.1, 0.15) is 11.1 Å². The van der Waals surface area contributed by atoms with E-state index in [-0.39, 0.29) is 5.75 Å². The van der Waals surface area contributed by atoms with Gasteiger partial charge in [0.25, 0.3) is 0 Å². The zero-order valence-electron chi connectivity index (χ0n) is 10.9. The Bertz CT molecular complexity index is 741. The number of benzene rings is 2. The summed E-state index contributed by atoms with van der Waals surface area (Å²) in [5, 5.41) is 0. The predicted octanol–water partition coefficient (Wildman–Crippen LogP) is 2.94. The fourth-order valence-corrected chi connectivity index (χ4v) is 3.12. The van der Waals surface area contributed by atoms with Gasteiger partial charge in [-0.2, -0.15) is 4.99 Å². The second-order valence-corrected chi connectivity index (χ2v) is 6.43. The molecule has 0 spiro atoms. The SMILES string of the molecule is Cc1ccc(S(=O)(=O)Cc2ccc(N=C=O)cc2)cc1. The van der Waals surface area contributed by atoms with Crippen molar-refractivity contribution in [2.45, 2.75) is 17.6 Å². The summed E-state index contributed by atoms with van der Waals surface area (Å²) in [6, 6.07) is 13.2. The summed E-state index contributed by atoms with van der Waals surface area (Å²) in [4.78, 5) is 13.9. The van der Waals surface area contributed by atoms with Gasteiger partial charge in [0.15, 0.2) is 9.84 Å². The van der Waals surface area contributed by atoms with Crippen LogP contribution in [0.4, 0.5) is 5.69 Å². The summed E-state index contributed by atoms with van der Waals surface area (Å²) in [5.74, 6) is -0.0822. The monoisotopic (exact) mass is 287 g/mol. The van der Waals surface area contributed by atoms with Crippen LogP contribution in [0.15, 0.2) is 58.4 Å². The number of aliphatic imine (C=N–C) groups is 1. The second-order valence-electron chi connectivity index (χ2n) is 4.44. The van der Waals surface area contributed by atoms with Crippen LogP contribution in [0.2, 0.25) is 0 Å². The van der Waals surface area contributed by atoms with Gasteiger partial charge in [-0.25, -0.2) is 13.2 Å². The number of rotatable bonds is 4. The predicted molar refractivity (Wildman–Crippen MR) is 76.3 cm³/mol. The van der Waals surface area contributed by atoms with Crippen molar-refractivity contribution in [3.8, 4) is 0 Å². The van der Waals surface area contributed by atoms with E-state index in [0.29, 0.717) is 16.1 Å². The minimum atomic E-state index is -3.36. The Balaban J connectivity index is 2.23. The van der Waals surface area contributed by atoms with Gasteiger partial charge in [0.05, 0.1) is 16.3 Å². The third-order valence-corrected chi connectivity index (χ3v) is 4.55. The lowest BCUT2D eigenvalue weighted by Crippen LogP contribution is -2.04. The summed E-state index contributed by atoms with van der Waals surface area (Å²) in [7, 11) is -3.36. The third kappa shape index (κ3) is 3.41. The standard InChI is InChI=1S/C15H13NO3S/c1-12-2-8-15(9-3-12)20(18,19)10-13-4-6-14(7-5-13)16-11-17/h2-9H,10H2,1H3. The number of aryl methyl sites for hydroxylation is 1. The van der Waals surface area contributed by atoms with Gasteiger partial charge >= 0.3 is 0 Å². The largest absolute Gasteiger partial charge is 0.240 e. The van der Waals surface area contributed by atoms with Crippen molar-refractivity contribution in [1.29, 1.82) is 0 Å². The molecule has 4 nitrogen and oxygen atoms in total. The second kappa shape index (κ2) is 5.82. The molecule has 5 heteroatoms. The molecule has 0 heterocycles. The normalized spacial score (nSPS) is 10.8. The molecule has 0 unspecified atom stereocenters. The minimum absolute atomic E-state index is 0.0822. The number of hydrogen-bond donors (Lipinski definition) is 0. The third-order valence-electron chi connectivity index (χ3n) is 2.85. The fraction of sp³-hybridized carbons (Fsp3) is 0.133. The highest BCUT2D eigenvalue weighted by Crippen LogP contribution is 2.19. The Morgan fingerprint density at radius 3 is 2.15 bits per heavy atom. The molecule has 2 aromatic rings. The maximum absolute atomic E-state index is 12.2. The lowest BCUT2D eigenvalue weighted by molar-refractivity contribution is 0.565. The Labute approximate surface area is 117 Å². The number of carbonyl (C=O) groups excluding carboxylic acids is 1. The van der Waals surface area contributed by atoms with Gasteiger partial charge in [-0.1, -0.05) is 29.8 Å². The molecule has 0 atom stereocenters. The van der Waals surface area contributed by atoms with E-state index in [4.69, 9.17) is 0 Å². The Kier molecular flexibility index (Phi) is 4.13. The van der Waals surface area contributed by atoms with Crippen molar-refractivity contribution in [2.75, 3.05) is 0 Å². The van der Waals surface area contributed by atoms with E-state index in [9.17, 15) is 13.2 Å². The first kappa shape index (κ1) is 14.2. The molecule has 0 amide bonds. The van der Waals surface area contributed by atoms with Crippen molar-refractivity contribution in [2.24, 2.45) is 4.99 Å². The quantitative estimate of drug-likeness (QED) is 0.641. The van der Waals surface area contributed by atoms with Crippen molar-refractivity contribution in [3.63, 3.8) is 0 Å². The fourth-order valence-electron chi connectivity index (χ4n) is 1.77. The highest BCUT2D eigenvalue weighted by Gasteiger charge is 2.14. The molecule has 0 fully saturated rings. The van der Waals surface area contributed by atoms with Crippen molar-refractivity contribution in [3.05, 3.63) is 59.7 Å². The van der Waals surface area contributed by atoms with Crippen molar-refractivity contribution < 1.29 is 13.2 Å². The van der Waals surface area contributed by atoms with Crippen LogP contribution in [0.3, 0.4) is 0 Å². The number of isocyanates is 1. The number of sulfone groups is 1.